The lowest BCUT2D eigenvalue weighted by molar-refractivity contribution is -0.137. The van der Waals surface area contributed by atoms with Crippen LogP contribution in [-0.4, -0.2) is 72.8 Å². The summed E-state index contributed by atoms with van der Waals surface area (Å²) in [5.74, 6) is 0.209. The number of benzene rings is 1. The summed E-state index contributed by atoms with van der Waals surface area (Å²) in [5, 5.41) is 0. The number of sulfonamides is 1. The molecular weight excluding hydrogens is 409 g/mol. The Balaban J connectivity index is 1.36. The monoisotopic (exact) mass is 433 g/mol. The van der Waals surface area contributed by atoms with Crippen LogP contribution >= 0.6 is 0 Å². The number of halogens is 1. The molecule has 2 fully saturated rings. The summed E-state index contributed by atoms with van der Waals surface area (Å²) < 4.78 is 40.0. The number of nitrogens with zero attached hydrogens (tertiary/aromatic N) is 5. The Bertz CT molecular complexity index is 979. The molecule has 4 rings (SSSR count). The van der Waals surface area contributed by atoms with Crippen molar-refractivity contribution in [2.75, 3.05) is 44.2 Å². The van der Waals surface area contributed by atoms with Crippen molar-refractivity contribution >= 4 is 21.7 Å². The first kappa shape index (κ1) is 20.7. The normalized spacial score (nSPS) is 20.9. The highest BCUT2D eigenvalue weighted by Crippen LogP contribution is 2.24. The van der Waals surface area contributed by atoms with Crippen LogP contribution in [0.1, 0.15) is 12.8 Å². The van der Waals surface area contributed by atoms with Gasteiger partial charge < -0.3 is 9.80 Å². The van der Waals surface area contributed by atoms with Crippen LogP contribution in [0.4, 0.5) is 10.2 Å². The van der Waals surface area contributed by atoms with Gasteiger partial charge >= 0.3 is 0 Å². The molecule has 160 valence electrons. The van der Waals surface area contributed by atoms with Crippen LogP contribution < -0.4 is 4.90 Å². The maximum Gasteiger partial charge on any atom is 0.243 e. The van der Waals surface area contributed by atoms with E-state index in [1.54, 1.807) is 23.5 Å². The average molecular weight is 434 g/mol. The number of amides is 1. The molecule has 30 heavy (non-hydrogen) atoms. The van der Waals surface area contributed by atoms with Crippen molar-refractivity contribution in [3.05, 3.63) is 48.7 Å². The van der Waals surface area contributed by atoms with Gasteiger partial charge in [-0.05, 0) is 37.1 Å². The Labute approximate surface area is 175 Å². The number of piperidine rings is 1. The Kier molecular flexibility index (Phi) is 5.96. The third-order valence-electron chi connectivity index (χ3n) is 5.65. The summed E-state index contributed by atoms with van der Waals surface area (Å²) in [6, 6.07) is 4.81. The second-order valence-corrected chi connectivity index (χ2v) is 9.47. The number of piperazine rings is 1. The average Bonchev–Trinajstić information content (AvgIpc) is 2.79. The van der Waals surface area contributed by atoms with Crippen LogP contribution in [0.15, 0.2) is 47.8 Å². The fourth-order valence-electron chi connectivity index (χ4n) is 4.00. The molecule has 0 spiro atoms. The summed E-state index contributed by atoms with van der Waals surface area (Å²) in [7, 11) is -3.69. The predicted molar refractivity (Wildman–Crippen MR) is 109 cm³/mol. The Hall–Kier alpha value is -2.59. The lowest BCUT2D eigenvalue weighted by Crippen LogP contribution is -2.53. The predicted octanol–water partition coefficient (Wildman–Crippen LogP) is 1.37. The molecule has 0 bridgehead atoms. The summed E-state index contributed by atoms with van der Waals surface area (Å²) in [5.41, 5.74) is 0. The molecule has 1 unspecified atom stereocenters. The lowest BCUT2D eigenvalue weighted by Gasteiger charge is -2.38. The van der Waals surface area contributed by atoms with Crippen molar-refractivity contribution in [3.63, 3.8) is 0 Å². The van der Waals surface area contributed by atoms with Crippen molar-refractivity contribution in [1.82, 2.24) is 19.2 Å². The van der Waals surface area contributed by atoms with Crippen LogP contribution in [-0.2, 0) is 14.8 Å². The van der Waals surface area contributed by atoms with E-state index in [0.29, 0.717) is 19.6 Å². The minimum Gasteiger partial charge on any atom is -0.355 e. The fraction of sp³-hybridized carbons (Fsp3) is 0.450. The van der Waals surface area contributed by atoms with Gasteiger partial charge in [-0.2, -0.15) is 4.31 Å². The SMILES string of the molecule is O=C(C1CCCN(c2cnccn2)C1)N1CCN(S(=O)(=O)c2ccc(F)cc2)CC1. The van der Waals surface area contributed by atoms with E-state index in [9.17, 15) is 17.6 Å². The first-order chi connectivity index (χ1) is 14.4. The number of anilines is 1. The van der Waals surface area contributed by atoms with Crippen molar-refractivity contribution in [3.8, 4) is 0 Å². The molecule has 2 aliphatic rings. The van der Waals surface area contributed by atoms with Crippen molar-refractivity contribution in [1.29, 1.82) is 0 Å². The molecule has 2 aromatic rings. The Morgan fingerprint density at radius 2 is 1.77 bits per heavy atom. The van der Waals surface area contributed by atoms with E-state index in [1.165, 1.54) is 16.4 Å². The zero-order chi connectivity index (χ0) is 21.1. The summed E-state index contributed by atoms with van der Waals surface area (Å²) in [4.78, 5) is 25.4. The van der Waals surface area contributed by atoms with E-state index < -0.39 is 15.8 Å². The third kappa shape index (κ3) is 4.29. The van der Waals surface area contributed by atoms with E-state index in [1.807, 2.05) is 0 Å². The highest BCUT2D eigenvalue weighted by atomic mass is 32.2. The summed E-state index contributed by atoms with van der Waals surface area (Å²) in [6.45, 7) is 2.58. The topological polar surface area (TPSA) is 86.7 Å². The van der Waals surface area contributed by atoms with Gasteiger partial charge in [0.25, 0.3) is 0 Å². The van der Waals surface area contributed by atoms with Gasteiger partial charge in [-0.25, -0.2) is 17.8 Å². The highest BCUT2D eigenvalue weighted by molar-refractivity contribution is 7.89. The fourth-order valence-corrected chi connectivity index (χ4v) is 5.43. The quantitative estimate of drug-likeness (QED) is 0.724. The number of hydrogen-bond acceptors (Lipinski definition) is 6. The number of carbonyl (C=O) groups is 1. The lowest BCUT2D eigenvalue weighted by atomic mass is 9.96. The molecule has 0 radical (unpaired) electrons. The van der Waals surface area contributed by atoms with Gasteiger partial charge in [0.15, 0.2) is 0 Å². The molecule has 1 aromatic carbocycles. The molecule has 2 aliphatic heterocycles. The van der Waals surface area contributed by atoms with E-state index >= 15 is 0 Å². The molecule has 0 aliphatic carbocycles. The molecule has 1 atom stereocenters. The molecular formula is C20H24FN5O3S. The van der Waals surface area contributed by atoms with Crippen LogP contribution in [0.3, 0.4) is 0 Å². The molecule has 2 saturated heterocycles. The molecule has 10 heteroatoms. The number of aromatic nitrogens is 2. The van der Waals surface area contributed by atoms with Gasteiger partial charge in [0, 0.05) is 51.7 Å². The highest BCUT2D eigenvalue weighted by Gasteiger charge is 2.34. The third-order valence-corrected chi connectivity index (χ3v) is 7.56. The second-order valence-electron chi connectivity index (χ2n) is 7.53. The van der Waals surface area contributed by atoms with Crippen molar-refractivity contribution < 1.29 is 17.6 Å². The molecule has 1 amide bonds. The number of carbonyl (C=O) groups excluding carboxylic acids is 1. The minimum absolute atomic E-state index is 0.0578. The largest absolute Gasteiger partial charge is 0.355 e. The molecule has 0 saturated carbocycles. The standard InChI is InChI=1S/C20H24FN5O3S/c21-17-3-5-18(6-4-17)30(28,29)26-12-10-24(11-13-26)20(27)16-2-1-9-25(15-16)19-14-22-7-8-23-19/h3-8,14,16H,1-2,9-13,15H2. The zero-order valence-corrected chi connectivity index (χ0v) is 17.3. The molecule has 1 aromatic heterocycles. The van der Waals surface area contributed by atoms with Gasteiger partial charge in [0.05, 0.1) is 17.0 Å². The van der Waals surface area contributed by atoms with E-state index in [0.717, 1.165) is 37.3 Å². The van der Waals surface area contributed by atoms with E-state index in [4.69, 9.17) is 0 Å². The van der Waals surface area contributed by atoms with Gasteiger partial charge in [-0.15, -0.1) is 0 Å². The summed E-state index contributed by atoms with van der Waals surface area (Å²) in [6.07, 6.45) is 6.67. The number of hydrogen-bond donors (Lipinski definition) is 0. The molecule has 3 heterocycles. The Morgan fingerprint density at radius 3 is 2.43 bits per heavy atom. The summed E-state index contributed by atoms with van der Waals surface area (Å²) >= 11 is 0. The van der Waals surface area contributed by atoms with Gasteiger partial charge in [0.2, 0.25) is 15.9 Å². The second kappa shape index (κ2) is 8.65. The van der Waals surface area contributed by atoms with Crippen LogP contribution in [0.2, 0.25) is 0 Å². The zero-order valence-electron chi connectivity index (χ0n) is 16.5. The van der Waals surface area contributed by atoms with Crippen molar-refractivity contribution in [2.24, 2.45) is 5.92 Å². The van der Waals surface area contributed by atoms with E-state index in [2.05, 4.69) is 14.9 Å². The van der Waals surface area contributed by atoms with Crippen LogP contribution in [0.5, 0.6) is 0 Å². The van der Waals surface area contributed by atoms with Crippen LogP contribution in [0.25, 0.3) is 0 Å². The van der Waals surface area contributed by atoms with Gasteiger partial charge in [0.1, 0.15) is 11.6 Å². The van der Waals surface area contributed by atoms with Crippen molar-refractivity contribution in [2.45, 2.75) is 17.7 Å². The maximum absolute atomic E-state index is 13.1. The molecule has 0 N–H and O–H groups in total. The van der Waals surface area contributed by atoms with Gasteiger partial charge in [-0.1, -0.05) is 0 Å². The first-order valence-corrected chi connectivity index (χ1v) is 11.4. The maximum atomic E-state index is 13.1. The molecule has 8 nitrogen and oxygen atoms in total. The van der Waals surface area contributed by atoms with Gasteiger partial charge in [-0.3, -0.25) is 9.78 Å². The number of rotatable bonds is 4. The van der Waals surface area contributed by atoms with E-state index in [-0.39, 0.29) is 29.8 Å². The minimum atomic E-state index is -3.69. The smallest absolute Gasteiger partial charge is 0.243 e. The van der Waals surface area contributed by atoms with Crippen LogP contribution in [0, 0.1) is 11.7 Å². The Morgan fingerprint density at radius 1 is 1.03 bits per heavy atom. The first-order valence-electron chi connectivity index (χ1n) is 10.0.